The molecule has 0 saturated heterocycles. The Labute approximate surface area is 199 Å². The van der Waals surface area contributed by atoms with Crippen molar-refractivity contribution in [1.29, 1.82) is 0 Å². The minimum absolute atomic E-state index is 0.439. The van der Waals surface area contributed by atoms with Gasteiger partial charge in [-0.05, 0) is 44.4 Å². The first-order chi connectivity index (χ1) is 16.4. The minimum Gasteiger partial charge on any atom is -0.496 e. The molecule has 3 N–H and O–H groups in total. The molecule has 0 aliphatic heterocycles. The average molecular weight is 462 g/mol. The molecule has 0 fully saturated rings. The summed E-state index contributed by atoms with van der Waals surface area (Å²) in [4.78, 5) is 13.4. The number of fused-ring (bicyclic) bond motifs is 1. The van der Waals surface area contributed by atoms with Crippen LogP contribution in [0.5, 0.6) is 11.5 Å². The van der Waals surface area contributed by atoms with Crippen LogP contribution in [-0.2, 0) is 0 Å². The van der Waals surface area contributed by atoms with Crippen LogP contribution in [-0.4, -0.2) is 67.9 Å². The van der Waals surface area contributed by atoms with E-state index in [-0.39, 0.29) is 0 Å². The Morgan fingerprint density at radius 3 is 2.53 bits per heavy atom. The third kappa shape index (κ3) is 4.69. The van der Waals surface area contributed by atoms with E-state index in [0.29, 0.717) is 23.1 Å². The van der Waals surface area contributed by atoms with Crippen LogP contribution in [0.25, 0.3) is 16.7 Å². The Hall–Kier alpha value is -3.98. The number of nitrogens with two attached hydrogens (primary N) is 1. The maximum Gasteiger partial charge on any atom is 0.229 e. The van der Waals surface area contributed by atoms with Crippen molar-refractivity contribution in [3.05, 3.63) is 54.9 Å². The molecule has 0 spiro atoms. The first kappa shape index (κ1) is 23.2. The predicted molar refractivity (Wildman–Crippen MR) is 138 cm³/mol. The molecule has 2 aromatic carbocycles. The smallest absolute Gasteiger partial charge is 0.229 e. The molecule has 0 unspecified atom stereocenters. The minimum atomic E-state index is 0.439. The van der Waals surface area contributed by atoms with Gasteiger partial charge in [-0.1, -0.05) is 6.07 Å². The van der Waals surface area contributed by atoms with Crippen molar-refractivity contribution in [3.8, 4) is 17.3 Å². The van der Waals surface area contributed by atoms with Gasteiger partial charge in [0.25, 0.3) is 0 Å². The number of nitrogen functional groups attached to an aromatic ring is 1. The molecule has 34 heavy (non-hydrogen) atoms. The van der Waals surface area contributed by atoms with E-state index in [4.69, 9.17) is 20.2 Å². The highest BCUT2D eigenvalue weighted by Crippen LogP contribution is 2.36. The lowest BCUT2D eigenvalue weighted by Gasteiger charge is -2.24. The van der Waals surface area contributed by atoms with Crippen molar-refractivity contribution in [2.45, 2.75) is 0 Å². The molecule has 0 aliphatic carbocycles. The van der Waals surface area contributed by atoms with Crippen LogP contribution >= 0.6 is 0 Å². The third-order valence-corrected chi connectivity index (χ3v) is 5.69. The topological polar surface area (TPSA) is 93.7 Å². The normalized spacial score (nSPS) is 11.1. The fourth-order valence-electron chi connectivity index (χ4n) is 3.83. The summed E-state index contributed by atoms with van der Waals surface area (Å²) in [5.41, 5.74) is 9.64. The van der Waals surface area contributed by atoms with E-state index in [1.165, 1.54) is 0 Å². The first-order valence-corrected chi connectivity index (χ1v) is 11.0. The van der Waals surface area contributed by atoms with Crippen molar-refractivity contribution in [1.82, 2.24) is 19.4 Å². The van der Waals surface area contributed by atoms with Gasteiger partial charge in [-0.3, -0.25) is 0 Å². The maximum absolute atomic E-state index is 6.39. The second-order valence-electron chi connectivity index (χ2n) is 8.28. The van der Waals surface area contributed by atoms with Crippen molar-refractivity contribution >= 4 is 33.9 Å². The van der Waals surface area contributed by atoms with Gasteiger partial charge in [0, 0.05) is 44.0 Å². The number of nitrogens with one attached hydrogen (secondary N) is 1. The third-order valence-electron chi connectivity index (χ3n) is 5.69. The van der Waals surface area contributed by atoms with Gasteiger partial charge in [0.2, 0.25) is 5.95 Å². The molecule has 0 saturated carbocycles. The second kappa shape index (κ2) is 9.88. The summed E-state index contributed by atoms with van der Waals surface area (Å²) >= 11 is 0. The number of nitrogens with zero attached hydrogens (tertiary/aromatic N) is 5. The molecule has 0 bridgehead atoms. The van der Waals surface area contributed by atoms with E-state index in [1.54, 1.807) is 20.4 Å². The highest BCUT2D eigenvalue weighted by Gasteiger charge is 2.14. The summed E-state index contributed by atoms with van der Waals surface area (Å²) < 4.78 is 13.1. The Morgan fingerprint density at radius 1 is 1.00 bits per heavy atom. The number of hydrogen-bond donors (Lipinski definition) is 2. The number of likely N-dealkylation sites (N-methyl/N-ethyl adjacent to an activating group) is 2. The zero-order chi connectivity index (χ0) is 24.2. The van der Waals surface area contributed by atoms with Gasteiger partial charge in [0.1, 0.15) is 17.3 Å². The van der Waals surface area contributed by atoms with Crippen molar-refractivity contribution in [3.63, 3.8) is 0 Å². The highest BCUT2D eigenvalue weighted by atomic mass is 16.5. The summed E-state index contributed by atoms with van der Waals surface area (Å²) in [6, 6.07) is 13.6. The number of rotatable bonds is 9. The number of aromatic nitrogens is 3. The zero-order valence-electron chi connectivity index (χ0n) is 20.2. The van der Waals surface area contributed by atoms with E-state index in [0.717, 1.165) is 41.2 Å². The molecule has 4 aromatic rings. The summed E-state index contributed by atoms with van der Waals surface area (Å²) in [6.07, 6.45) is 3.69. The van der Waals surface area contributed by atoms with Crippen LogP contribution < -0.4 is 25.4 Å². The van der Waals surface area contributed by atoms with Gasteiger partial charge in [-0.15, -0.1) is 0 Å². The molecule has 9 nitrogen and oxygen atoms in total. The van der Waals surface area contributed by atoms with Crippen LogP contribution in [0.4, 0.5) is 23.0 Å². The van der Waals surface area contributed by atoms with Gasteiger partial charge in [-0.25, -0.2) is 4.98 Å². The molecule has 0 radical (unpaired) electrons. The second-order valence-corrected chi connectivity index (χ2v) is 8.28. The average Bonchev–Trinajstić information content (AvgIpc) is 3.27. The summed E-state index contributed by atoms with van der Waals surface area (Å²) in [5.74, 6) is 2.65. The van der Waals surface area contributed by atoms with Crippen LogP contribution in [0.15, 0.2) is 54.9 Å². The fourth-order valence-corrected chi connectivity index (χ4v) is 3.83. The van der Waals surface area contributed by atoms with Gasteiger partial charge >= 0.3 is 0 Å². The summed E-state index contributed by atoms with van der Waals surface area (Å²) in [5, 5.41) is 4.28. The van der Waals surface area contributed by atoms with Crippen LogP contribution in [0.3, 0.4) is 0 Å². The number of hydrogen-bond acceptors (Lipinski definition) is 8. The molecule has 178 valence electrons. The Balaban J connectivity index is 1.63. The highest BCUT2D eigenvalue weighted by molar-refractivity contribution is 5.87. The van der Waals surface area contributed by atoms with Crippen LogP contribution in [0.1, 0.15) is 0 Å². The zero-order valence-corrected chi connectivity index (χ0v) is 20.2. The maximum atomic E-state index is 6.39. The van der Waals surface area contributed by atoms with E-state index in [1.807, 2.05) is 74.4 Å². The standard InChI is InChI=1S/C25H31N7O2/c1-30(2)13-14-31(3)21-16-23(34-5)19(15-18(21)26)28-25-27-11-9-24(29-25)32-12-10-17-20(32)7-6-8-22(17)33-4/h6-12,15-16H,13-14,26H2,1-5H3,(H,27,28,29). The lowest BCUT2D eigenvalue weighted by atomic mass is 10.2. The van der Waals surface area contributed by atoms with Crippen molar-refractivity contribution in [2.24, 2.45) is 0 Å². The molecule has 4 rings (SSSR count). The monoisotopic (exact) mass is 461 g/mol. The van der Waals surface area contributed by atoms with Gasteiger partial charge in [0.05, 0.1) is 36.8 Å². The van der Waals surface area contributed by atoms with Gasteiger partial charge < -0.3 is 34.9 Å². The van der Waals surface area contributed by atoms with Crippen molar-refractivity contribution < 1.29 is 9.47 Å². The lowest BCUT2D eigenvalue weighted by Crippen LogP contribution is -2.29. The number of methoxy groups -OCH3 is 2. The van der Waals surface area contributed by atoms with E-state index in [9.17, 15) is 0 Å². The van der Waals surface area contributed by atoms with Gasteiger partial charge in [-0.2, -0.15) is 4.98 Å². The van der Waals surface area contributed by atoms with Crippen LogP contribution in [0.2, 0.25) is 0 Å². The summed E-state index contributed by atoms with van der Waals surface area (Å²) in [7, 11) is 9.42. The van der Waals surface area contributed by atoms with E-state index >= 15 is 0 Å². The van der Waals surface area contributed by atoms with E-state index in [2.05, 4.69) is 20.1 Å². The molecular formula is C25H31N7O2. The van der Waals surface area contributed by atoms with Crippen LogP contribution in [0, 0.1) is 0 Å². The fraction of sp³-hybridized carbons (Fsp3) is 0.280. The lowest BCUT2D eigenvalue weighted by molar-refractivity contribution is 0.413. The quantitative estimate of drug-likeness (QED) is 0.364. The largest absolute Gasteiger partial charge is 0.496 e. The Bertz CT molecular complexity index is 1290. The SMILES string of the molecule is COc1cc(N(C)CCN(C)C)c(N)cc1Nc1nccc(-n2ccc3c(OC)cccc32)n1. The van der Waals surface area contributed by atoms with E-state index < -0.39 is 0 Å². The van der Waals surface area contributed by atoms with Crippen molar-refractivity contribution in [2.75, 3.05) is 64.4 Å². The number of ether oxygens (including phenoxy) is 2. The molecule has 0 atom stereocenters. The molecule has 2 aromatic heterocycles. The number of benzene rings is 2. The molecule has 9 heteroatoms. The molecule has 0 aliphatic rings. The number of anilines is 4. The summed E-state index contributed by atoms with van der Waals surface area (Å²) in [6.45, 7) is 1.76. The Kier molecular flexibility index (Phi) is 6.74. The first-order valence-electron chi connectivity index (χ1n) is 11.0. The molecule has 0 amide bonds. The van der Waals surface area contributed by atoms with Gasteiger partial charge in [0.15, 0.2) is 0 Å². The Morgan fingerprint density at radius 2 is 1.79 bits per heavy atom. The molecule has 2 heterocycles. The molecular weight excluding hydrogens is 430 g/mol. The predicted octanol–water partition coefficient (Wildman–Crippen LogP) is 3.76.